The third kappa shape index (κ3) is 15.2. The molecular formula is C60H82BClN14O10. The Labute approximate surface area is 508 Å². The molecule has 24 nitrogen and oxygen atoms in total. The van der Waals surface area contributed by atoms with Crippen LogP contribution >= 0.6 is 11.6 Å². The molecule has 6 aromatic rings. The quantitative estimate of drug-likeness (QED) is 0.104. The lowest BCUT2D eigenvalue weighted by Crippen LogP contribution is -2.50. The van der Waals surface area contributed by atoms with Crippen LogP contribution in [0.25, 0.3) is 33.3 Å². The number of pyridine rings is 4. The molecule has 86 heavy (non-hydrogen) atoms. The molecule has 0 aliphatic carbocycles. The minimum absolute atomic E-state index is 0.0512. The van der Waals surface area contributed by atoms with E-state index >= 15 is 0 Å². The summed E-state index contributed by atoms with van der Waals surface area (Å²) in [7, 11) is 3.38. The Hall–Kier alpha value is -7.51. The van der Waals surface area contributed by atoms with Crippen molar-refractivity contribution in [3.8, 4) is 23.0 Å². The Balaban J connectivity index is 0.000000162. The maximum absolute atomic E-state index is 12.4. The fourth-order valence-electron chi connectivity index (χ4n) is 10.3. The summed E-state index contributed by atoms with van der Waals surface area (Å²) in [6, 6.07) is 11.6. The number of aryl methyl sites for hydroxylation is 2. The zero-order valence-corrected chi connectivity index (χ0v) is 52.7. The summed E-state index contributed by atoms with van der Waals surface area (Å²) in [6.45, 7) is 29.8. The van der Waals surface area contributed by atoms with Crippen LogP contribution in [-0.4, -0.2) is 180 Å². The van der Waals surface area contributed by atoms with E-state index in [4.69, 9.17) is 49.8 Å². The number of anilines is 2. The number of carbonyl (C=O) groups is 4. The van der Waals surface area contributed by atoms with Gasteiger partial charge in [-0.1, -0.05) is 17.7 Å². The van der Waals surface area contributed by atoms with E-state index in [0.29, 0.717) is 87.8 Å². The van der Waals surface area contributed by atoms with Gasteiger partial charge < -0.3 is 67.6 Å². The standard InChI is InChI=1S/C27H35N7O4.C20H32BN3O4.C13H15ClN4O2/c1-17(19-12-23(35)29-15-19)37-25-24-21(30-16-32(24)5)13-20(31-25)18-6-7-22(28-14-18)33-8-10-34(11-9-33)26(36)38-27(2,3)4;1-18(2,3)26-17(25)24-12-10-23(11-13-24)16-9-8-15(14-22-16)21-27-19(4,5)20(6,7)28-21;1-7(8-3-11(19)15-5-8)20-13-12-9(4-10(14)17-13)16-6-18(12)2/h6-7,13-14,16-17,19H,8-12,15H2,1-5H3,(H,29,35);8-9,14H,10-13H2,1-7H3;4,6-8H,3,5H2,1-2H3,(H,15,19)/t17-,19-;;7-,8-/m1.1/s1. The van der Waals surface area contributed by atoms with Gasteiger partial charge in [-0.25, -0.2) is 34.5 Å². The van der Waals surface area contributed by atoms with Gasteiger partial charge in [0.1, 0.15) is 51.2 Å². The first-order valence-corrected chi connectivity index (χ1v) is 29.8. The minimum atomic E-state index is -0.506. The number of rotatable bonds is 10. The molecule has 0 unspecified atom stereocenters. The molecule has 5 fully saturated rings. The van der Waals surface area contributed by atoms with Crippen molar-refractivity contribution in [1.82, 2.24) is 59.5 Å². The Kier molecular flexibility index (Phi) is 18.6. The first kappa shape index (κ1) is 63.0. The van der Waals surface area contributed by atoms with Crippen LogP contribution in [0.3, 0.4) is 0 Å². The topological polar surface area (TPSA) is 248 Å². The van der Waals surface area contributed by atoms with Crippen molar-refractivity contribution >= 4 is 81.9 Å². The fraction of sp³-hybridized carbons (Fsp3) is 0.567. The van der Waals surface area contributed by atoms with Crippen LogP contribution in [0, 0.1) is 11.8 Å². The highest BCUT2D eigenvalue weighted by molar-refractivity contribution is 6.62. The van der Waals surface area contributed by atoms with Gasteiger partial charge in [0.25, 0.3) is 0 Å². The Morgan fingerprint density at radius 1 is 0.640 bits per heavy atom. The van der Waals surface area contributed by atoms with Gasteiger partial charge in [0, 0.05) is 134 Å². The highest BCUT2D eigenvalue weighted by atomic mass is 35.5. The number of hydrogen-bond donors (Lipinski definition) is 2. The molecule has 5 aliphatic heterocycles. The largest absolute Gasteiger partial charge is 0.496 e. The van der Waals surface area contributed by atoms with Crippen LogP contribution in [0.2, 0.25) is 5.15 Å². The average Bonchev–Trinajstić information content (AvgIpc) is 2.77. The first-order chi connectivity index (χ1) is 40.5. The molecule has 4 amide bonds. The SMILES string of the molecule is CC(C)(C)OC(=O)N1CCN(c2ccc(B3OC(C)(C)C(C)(C)O3)cn2)CC1.C[C@@H](Oc1nc(-c2ccc(N3CCN(C(=O)OC(C)(C)C)CC3)nc2)cc2ncn(C)c12)[C@H]1CNC(=O)C1.C[C@@H](Oc1nc(Cl)cc2ncn(C)c12)[C@H]1CNC(=O)C1. The predicted molar refractivity (Wildman–Crippen MR) is 328 cm³/mol. The Bertz CT molecular complexity index is 3370. The maximum atomic E-state index is 12.4. The van der Waals surface area contributed by atoms with Gasteiger partial charge in [-0.3, -0.25) is 9.59 Å². The molecule has 26 heteroatoms. The number of nitrogens with one attached hydrogen (secondary N) is 2. The van der Waals surface area contributed by atoms with Crippen molar-refractivity contribution in [3.63, 3.8) is 0 Å². The number of halogens is 1. The first-order valence-electron chi connectivity index (χ1n) is 29.4. The second kappa shape index (κ2) is 25.4. The molecule has 5 aliphatic rings. The van der Waals surface area contributed by atoms with Crippen molar-refractivity contribution in [1.29, 1.82) is 0 Å². The lowest BCUT2D eigenvalue weighted by atomic mass is 9.80. The predicted octanol–water partition coefficient (Wildman–Crippen LogP) is 6.95. The summed E-state index contributed by atoms with van der Waals surface area (Å²) in [5.74, 6) is 3.04. The summed E-state index contributed by atoms with van der Waals surface area (Å²) < 4.78 is 39.1. The van der Waals surface area contributed by atoms with E-state index in [1.165, 1.54) is 0 Å². The normalized spacial score (nSPS) is 20.2. The summed E-state index contributed by atoms with van der Waals surface area (Å²) in [5.41, 5.74) is 3.91. The van der Waals surface area contributed by atoms with Crippen molar-refractivity contribution < 1.29 is 47.4 Å². The second-order valence-electron chi connectivity index (χ2n) is 25.5. The van der Waals surface area contributed by atoms with E-state index in [2.05, 4.69) is 40.4 Å². The van der Waals surface area contributed by atoms with Gasteiger partial charge in [0.2, 0.25) is 23.6 Å². The number of nitrogens with zero attached hydrogens (tertiary/aromatic N) is 12. The van der Waals surface area contributed by atoms with E-state index in [-0.39, 0.29) is 59.2 Å². The van der Waals surface area contributed by atoms with Crippen molar-refractivity contribution in [3.05, 3.63) is 66.6 Å². The highest BCUT2D eigenvalue weighted by Gasteiger charge is 2.52. The molecule has 11 heterocycles. The number of carbonyl (C=O) groups excluding carboxylic acids is 4. The number of fused-ring (bicyclic) bond motifs is 2. The Morgan fingerprint density at radius 3 is 1.49 bits per heavy atom. The van der Waals surface area contributed by atoms with Crippen LogP contribution < -0.4 is 35.4 Å². The molecule has 4 atom stereocenters. The molecule has 0 saturated carbocycles. The molecule has 5 saturated heterocycles. The fourth-order valence-corrected chi connectivity index (χ4v) is 10.5. The monoisotopic (exact) mass is 1200 g/mol. The van der Waals surface area contributed by atoms with Gasteiger partial charge in [-0.05, 0) is 107 Å². The van der Waals surface area contributed by atoms with Crippen LogP contribution in [0.1, 0.15) is 95.9 Å². The number of imidazole rings is 2. The number of aromatic nitrogens is 8. The molecule has 11 rings (SSSR count). The van der Waals surface area contributed by atoms with Gasteiger partial charge in [0.15, 0.2) is 0 Å². The van der Waals surface area contributed by atoms with Crippen LogP contribution in [0.15, 0.2) is 61.4 Å². The summed E-state index contributed by atoms with van der Waals surface area (Å²) in [5, 5.41) is 6.03. The van der Waals surface area contributed by atoms with Gasteiger partial charge in [-0.15, -0.1) is 0 Å². The van der Waals surface area contributed by atoms with Gasteiger partial charge >= 0.3 is 19.3 Å². The molecule has 2 N–H and O–H groups in total. The minimum Gasteiger partial charge on any atom is -0.473 e. The van der Waals surface area contributed by atoms with E-state index in [0.717, 1.165) is 57.8 Å². The zero-order chi connectivity index (χ0) is 62.0. The van der Waals surface area contributed by atoms with Crippen molar-refractivity contribution in [2.45, 2.75) is 131 Å². The maximum Gasteiger partial charge on any atom is 0.496 e. The van der Waals surface area contributed by atoms with E-state index in [9.17, 15) is 19.2 Å². The van der Waals surface area contributed by atoms with E-state index in [1.54, 1.807) is 34.7 Å². The zero-order valence-electron chi connectivity index (χ0n) is 52.0. The Morgan fingerprint density at radius 2 is 1.08 bits per heavy atom. The van der Waals surface area contributed by atoms with E-state index in [1.807, 2.05) is 143 Å². The smallest absolute Gasteiger partial charge is 0.473 e. The van der Waals surface area contributed by atoms with Gasteiger partial charge in [-0.2, -0.15) is 4.98 Å². The lowest BCUT2D eigenvalue weighted by molar-refractivity contribution is -0.120. The third-order valence-corrected chi connectivity index (χ3v) is 16.3. The number of ether oxygens (including phenoxy) is 4. The molecule has 6 aromatic heterocycles. The van der Waals surface area contributed by atoms with Crippen LogP contribution in [0.4, 0.5) is 21.2 Å². The highest BCUT2D eigenvalue weighted by Crippen LogP contribution is 2.37. The van der Waals surface area contributed by atoms with Gasteiger partial charge in [0.05, 0.1) is 40.6 Å². The second-order valence-corrected chi connectivity index (χ2v) is 25.9. The molecule has 462 valence electrons. The summed E-state index contributed by atoms with van der Waals surface area (Å²) >= 11 is 5.99. The molecule has 0 spiro atoms. The summed E-state index contributed by atoms with van der Waals surface area (Å²) in [6.07, 6.45) is 7.15. The number of amides is 4. The van der Waals surface area contributed by atoms with Crippen molar-refractivity contribution in [2.75, 3.05) is 75.2 Å². The average molecular weight is 1210 g/mol. The van der Waals surface area contributed by atoms with Crippen molar-refractivity contribution in [2.24, 2.45) is 25.9 Å². The van der Waals surface area contributed by atoms with E-state index < -0.39 is 18.3 Å². The summed E-state index contributed by atoms with van der Waals surface area (Å²) in [4.78, 5) is 82.5. The third-order valence-electron chi connectivity index (χ3n) is 16.1. The van der Waals surface area contributed by atoms with Crippen LogP contribution in [-0.2, 0) is 42.5 Å². The lowest BCUT2D eigenvalue weighted by Gasteiger charge is -2.36. The van der Waals surface area contributed by atoms with Crippen LogP contribution in [0.5, 0.6) is 11.8 Å². The number of piperazine rings is 2. The molecule has 0 bridgehead atoms. The molecule has 0 aromatic carbocycles. The molecular weight excluding hydrogens is 1120 g/mol. The number of hydrogen-bond acceptors (Lipinski definition) is 18. The molecule has 0 radical (unpaired) electrons.